The molecule has 0 saturated carbocycles. The zero-order chi connectivity index (χ0) is 70.6. The first-order chi connectivity index (χ1) is 52.4. The first kappa shape index (κ1) is 67.6. The van der Waals surface area contributed by atoms with Gasteiger partial charge in [-0.1, -0.05) is 257 Å². The second-order valence-corrected chi connectivity index (χ2v) is 35.2. The van der Waals surface area contributed by atoms with E-state index < -0.39 is 0 Å². The van der Waals surface area contributed by atoms with Crippen LogP contribution in [-0.2, 0) is 26.2 Å². The second-order valence-electron chi connectivity index (χ2n) is 28.7. The van der Waals surface area contributed by atoms with Crippen LogP contribution in [0.3, 0.4) is 0 Å². The zero-order valence-corrected chi connectivity index (χ0v) is 64.7. The number of fused-ring (bicyclic) bond motifs is 4. The number of benzene rings is 12. The van der Waals surface area contributed by atoms with E-state index in [0.717, 1.165) is 52.1 Å². The molecule has 0 amide bonds. The highest BCUT2D eigenvalue weighted by Crippen LogP contribution is 2.57. The molecule has 0 N–H and O–H groups in total. The van der Waals surface area contributed by atoms with Gasteiger partial charge in [-0.3, -0.25) is 0 Å². The lowest BCUT2D eigenvalue weighted by Gasteiger charge is -2.36. The summed E-state index contributed by atoms with van der Waals surface area (Å²) in [6.45, 7) is 9.64. The van der Waals surface area contributed by atoms with E-state index in [4.69, 9.17) is 0 Å². The van der Waals surface area contributed by atoms with Crippen molar-refractivity contribution in [1.82, 2.24) is 0 Å². The minimum absolute atomic E-state index is 0.758. The summed E-state index contributed by atoms with van der Waals surface area (Å²) in [5.41, 5.74) is 25.2. The third-order valence-electron chi connectivity index (χ3n) is 21.6. The molecular formula is C94H82N6S6. The molecule has 0 saturated heterocycles. The Morgan fingerprint density at radius 3 is 0.717 bits per heavy atom. The van der Waals surface area contributed by atoms with Crippen LogP contribution in [0.5, 0.6) is 0 Å². The molecule has 0 aromatic heterocycles. The Balaban J connectivity index is 0.697. The molecule has 16 heterocycles. The first-order valence-electron chi connectivity index (χ1n) is 37.9. The summed E-state index contributed by atoms with van der Waals surface area (Å²) in [6.07, 6.45) is 21.6. The molecule has 28 rings (SSSR count). The van der Waals surface area contributed by atoms with Crippen LogP contribution in [0.25, 0.3) is 24.3 Å². The van der Waals surface area contributed by atoms with Crippen LogP contribution in [0.1, 0.15) is 123 Å². The molecule has 524 valence electrons. The third kappa shape index (κ3) is 13.3. The van der Waals surface area contributed by atoms with Crippen molar-refractivity contribution in [1.29, 1.82) is 0 Å². The first-order valence-corrected chi connectivity index (χ1v) is 42.8. The molecule has 12 aromatic rings. The average Bonchev–Trinajstić information content (AvgIpc) is 0.750. The molecule has 6 nitrogen and oxygen atoms in total. The Hall–Kier alpha value is -8.98. The van der Waals surface area contributed by atoms with Crippen LogP contribution in [0.4, 0.5) is 68.2 Å². The van der Waals surface area contributed by atoms with Gasteiger partial charge in [0.25, 0.3) is 0 Å². The minimum Gasteiger partial charge on any atom is -0.340 e. The van der Waals surface area contributed by atoms with Gasteiger partial charge in [-0.25, -0.2) is 0 Å². The van der Waals surface area contributed by atoms with Gasteiger partial charge in [0.2, 0.25) is 0 Å². The maximum atomic E-state index is 2.63. The van der Waals surface area contributed by atoms with E-state index in [1.807, 2.05) is 70.6 Å². The number of unbranched alkanes of at least 4 members (excludes halogenated alkanes) is 8. The monoisotopic (exact) mass is 1490 g/mol. The molecule has 0 atom stereocenters. The van der Waals surface area contributed by atoms with Gasteiger partial charge < -0.3 is 29.4 Å². The van der Waals surface area contributed by atoms with Crippen LogP contribution in [-0.4, -0.2) is 13.1 Å². The molecule has 12 heteroatoms. The summed E-state index contributed by atoms with van der Waals surface area (Å²) in [5.74, 6) is 0. The summed E-state index contributed by atoms with van der Waals surface area (Å²) < 4.78 is 0. The van der Waals surface area contributed by atoms with Crippen LogP contribution in [0.15, 0.2) is 301 Å². The van der Waals surface area contributed by atoms with Gasteiger partial charge in [0.15, 0.2) is 0 Å². The number of hydrogen-bond acceptors (Lipinski definition) is 12. The van der Waals surface area contributed by atoms with Gasteiger partial charge in [-0.2, -0.15) is 0 Å². The van der Waals surface area contributed by atoms with Gasteiger partial charge in [0.05, 0.1) is 68.2 Å². The topological polar surface area (TPSA) is 19.4 Å². The Morgan fingerprint density at radius 2 is 0.443 bits per heavy atom. The van der Waals surface area contributed by atoms with Crippen molar-refractivity contribution in [2.24, 2.45) is 0 Å². The number of hydrogen-bond donors (Lipinski definition) is 0. The minimum atomic E-state index is 0.758. The van der Waals surface area contributed by atoms with Crippen LogP contribution in [0.2, 0.25) is 0 Å². The standard InChI is InChI=1S/C94H82N6S6/c1-3-5-7-9-19-49-95-75-45-37-67-55-91(75)105-92-56-68(38-46-76(92)95)60-98-72-22-12-16-26-84(72)102-88-52-64(34-42-80(88)98)30-32-66-36-44-82-90(54-66)104-86-28-18-14-24-74(86)100(82)62-70-40-48-78-94(58-70)106-93-57-69(39-47-77(93)96(78)50-20-10-8-6-4-2)61-99-73-23-13-17-27-85(73)103-89-53-65(35-43-81(89)99)31-29-63-33-41-79-87(51-63)101-83-25-15-11-21-71(83)97(79)59-67/h11-18,21-48,51-58H,3-10,19-20,49-50,59-62H2,1-2H3/b31-29-,32-30?. The Labute approximate surface area is 650 Å². The summed E-state index contributed by atoms with van der Waals surface area (Å²) in [7, 11) is 0. The summed E-state index contributed by atoms with van der Waals surface area (Å²) >= 11 is 11.4. The predicted octanol–water partition coefficient (Wildman–Crippen LogP) is 28.7. The van der Waals surface area contributed by atoms with Crippen molar-refractivity contribution < 1.29 is 0 Å². The van der Waals surface area contributed by atoms with Crippen LogP contribution < -0.4 is 29.4 Å². The fraction of sp³-hybridized carbons (Fsp3) is 0.191. The highest BCUT2D eigenvalue weighted by Gasteiger charge is 2.33. The third-order valence-corrected chi connectivity index (χ3v) is 28.2. The normalized spacial score (nSPS) is 15.1. The molecule has 0 spiro atoms. The van der Waals surface area contributed by atoms with Crippen molar-refractivity contribution in [3.8, 4) is 0 Å². The summed E-state index contributed by atoms with van der Waals surface area (Å²) in [4.78, 5) is 31.0. The molecule has 0 radical (unpaired) electrons. The Morgan fingerprint density at radius 1 is 0.217 bits per heavy atom. The van der Waals surface area contributed by atoms with E-state index in [-0.39, 0.29) is 0 Å². The fourth-order valence-electron chi connectivity index (χ4n) is 16.2. The maximum Gasteiger partial charge on any atom is 0.0556 e. The Kier molecular flexibility index (Phi) is 18.9. The highest BCUT2D eigenvalue weighted by atomic mass is 32.2. The van der Waals surface area contributed by atoms with Crippen molar-refractivity contribution in [2.75, 3.05) is 42.5 Å². The largest absolute Gasteiger partial charge is 0.340 e. The van der Waals surface area contributed by atoms with Crippen molar-refractivity contribution >= 4 is 163 Å². The lowest BCUT2D eigenvalue weighted by molar-refractivity contribution is 0.632. The SMILES string of the molecule is CCCCCCCN1c2ccc3cc2Sc2cc(ccc21)CN1c2ccccc2Sc2cc(ccc21)/C=C\c1ccc2c(c1)Sc1ccccc1N2Cc1ccc2c(c1)Sc1cc(ccc1N2CCCCCCC)CN1c2ccccc2Sc2cc(ccc21)C=Cc1ccc2c(c1)Sc1ccccc1N2C3. The summed E-state index contributed by atoms with van der Waals surface area (Å²) in [5, 5.41) is 0. The van der Waals surface area contributed by atoms with Gasteiger partial charge >= 0.3 is 0 Å². The molecule has 0 fully saturated rings. The van der Waals surface area contributed by atoms with Gasteiger partial charge in [-0.15, -0.1) is 0 Å². The van der Waals surface area contributed by atoms with Crippen LogP contribution >= 0.6 is 70.6 Å². The molecule has 16 aliphatic rings. The lowest BCUT2D eigenvalue weighted by atomic mass is 10.1. The highest BCUT2D eigenvalue weighted by molar-refractivity contribution is 8.01. The molecule has 24 bridgehead atoms. The molecular weight excluding hydrogens is 1410 g/mol. The summed E-state index contributed by atoms with van der Waals surface area (Å²) in [6, 6.07) is 93.4. The Bertz CT molecular complexity index is 4820. The molecule has 106 heavy (non-hydrogen) atoms. The van der Waals surface area contributed by atoms with E-state index in [0.29, 0.717) is 0 Å². The number of rotatable bonds is 12. The number of anilines is 12. The second kappa shape index (κ2) is 29.6. The van der Waals surface area contributed by atoms with E-state index in [1.54, 1.807) is 0 Å². The number of nitrogens with zero attached hydrogens (tertiary/aromatic N) is 6. The average molecular weight is 1490 g/mol. The lowest BCUT2D eigenvalue weighted by Crippen LogP contribution is -2.24. The van der Waals surface area contributed by atoms with Gasteiger partial charge in [0.1, 0.15) is 0 Å². The fourth-order valence-corrected chi connectivity index (χ4v) is 23.2. The quantitative estimate of drug-likeness (QED) is 0.109. The van der Waals surface area contributed by atoms with E-state index in [1.165, 1.54) is 223 Å². The molecule has 0 aliphatic carbocycles. The van der Waals surface area contributed by atoms with Gasteiger partial charge in [0, 0.05) is 98.0 Å². The van der Waals surface area contributed by atoms with Crippen molar-refractivity contribution in [3.05, 3.63) is 287 Å². The van der Waals surface area contributed by atoms with Crippen molar-refractivity contribution in [2.45, 2.75) is 163 Å². The predicted molar refractivity (Wildman–Crippen MR) is 455 cm³/mol. The molecule has 0 unspecified atom stereocenters. The van der Waals surface area contributed by atoms with Gasteiger partial charge in [-0.05, 0) is 203 Å². The van der Waals surface area contributed by atoms with E-state index in [2.05, 4.69) is 310 Å². The maximum absolute atomic E-state index is 2.63. The van der Waals surface area contributed by atoms with E-state index in [9.17, 15) is 0 Å². The smallest absolute Gasteiger partial charge is 0.0556 e. The van der Waals surface area contributed by atoms with E-state index >= 15 is 0 Å². The number of para-hydroxylation sites is 4. The van der Waals surface area contributed by atoms with Crippen LogP contribution in [0, 0.1) is 0 Å². The zero-order valence-electron chi connectivity index (χ0n) is 59.8. The molecule has 12 aromatic carbocycles. The van der Waals surface area contributed by atoms with Crippen molar-refractivity contribution in [3.63, 3.8) is 0 Å². The molecule has 16 aliphatic heterocycles.